The number of benzene rings is 1. The Bertz CT molecular complexity index is 548. The molecule has 2 N–H and O–H groups in total. The molecule has 0 aliphatic rings. The molecule has 0 saturated heterocycles. The van der Waals surface area contributed by atoms with E-state index in [0.29, 0.717) is 13.2 Å². The second-order valence-electron chi connectivity index (χ2n) is 4.22. The number of halogens is 1. The summed E-state index contributed by atoms with van der Waals surface area (Å²) < 4.78 is 6.02. The molecule has 0 spiro atoms. The molecule has 0 amide bonds. The molecule has 2 aromatic rings. The lowest BCUT2D eigenvalue weighted by molar-refractivity contribution is 0.184. The van der Waals surface area contributed by atoms with Gasteiger partial charge < -0.3 is 15.2 Å². The van der Waals surface area contributed by atoms with E-state index in [1.165, 1.54) is 0 Å². The average molecular weight is 325 g/mol. The molecule has 102 valence electrons. The molecule has 0 aliphatic carbocycles. The standard InChI is InChI=1S/C14H17BrN2O2/c1-19-8-7-16-13(9-18)11-4-5-12(15)10-3-2-6-17-14(10)11/h2-6,13,16,18H,7-9H2,1H3. The zero-order valence-corrected chi connectivity index (χ0v) is 12.4. The molecule has 0 saturated carbocycles. The van der Waals surface area contributed by atoms with Crippen LogP contribution in [0.1, 0.15) is 11.6 Å². The molecule has 1 atom stereocenters. The predicted molar refractivity (Wildman–Crippen MR) is 79.1 cm³/mol. The number of aromatic nitrogens is 1. The molecule has 1 aromatic carbocycles. The second kappa shape index (κ2) is 6.96. The van der Waals surface area contributed by atoms with Crippen molar-refractivity contribution in [1.29, 1.82) is 0 Å². The van der Waals surface area contributed by atoms with Crippen molar-refractivity contribution >= 4 is 26.8 Å². The van der Waals surface area contributed by atoms with E-state index >= 15 is 0 Å². The van der Waals surface area contributed by atoms with E-state index in [2.05, 4.69) is 26.2 Å². The Morgan fingerprint density at radius 2 is 2.26 bits per heavy atom. The van der Waals surface area contributed by atoms with Crippen LogP contribution in [-0.2, 0) is 4.74 Å². The molecular weight excluding hydrogens is 308 g/mol. The SMILES string of the molecule is COCCNC(CO)c1ccc(Br)c2cccnc12. The minimum atomic E-state index is -0.138. The number of hydrogen-bond acceptors (Lipinski definition) is 4. The third-order valence-electron chi connectivity index (χ3n) is 3.00. The zero-order chi connectivity index (χ0) is 13.7. The van der Waals surface area contributed by atoms with Crippen LogP contribution in [0, 0.1) is 0 Å². The largest absolute Gasteiger partial charge is 0.394 e. The molecule has 0 bridgehead atoms. The first kappa shape index (κ1) is 14.4. The molecule has 1 heterocycles. The highest BCUT2D eigenvalue weighted by Gasteiger charge is 2.14. The maximum absolute atomic E-state index is 9.56. The van der Waals surface area contributed by atoms with Crippen LogP contribution in [-0.4, -0.2) is 37.0 Å². The summed E-state index contributed by atoms with van der Waals surface area (Å²) in [5.74, 6) is 0. The smallest absolute Gasteiger partial charge is 0.0761 e. The van der Waals surface area contributed by atoms with E-state index < -0.39 is 0 Å². The number of fused-ring (bicyclic) bond motifs is 1. The number of hydrogen-bond donors (Lipinski definition) is 2. The monoisotopic (exact) mass is 324 g/mol. The topological polar surface area (TPSA) is 54.4 Å². The Morgan fingerprint density at radius 3 is 3.00 bits per heavy atom. The molecule has 1 unspecified atom stereocenters. The summed E-state index contributed by atoms with van der Waals surface area (Å²) in [6.45, 7) is 1.32. The maximum atomic E-state index is 9.56. The van der Waals surface area contributed by atoms with Gasteiger partial charge in [-0.05, 0) is 17.7 Å². The number of nitrogens with zero attached hydrogens (tertiary/aromatic N) is 1. The summed E-state index contributed by atoms with van der Waals surface area (Å²) in [5.41, 5.74) is 1.90. The Kier molecular flexibility index (Phi) is 5.27. The minimum absolute atomic E-state index is 0.0248. The molecule has 0 fully saturated rings. The first-order valence-electron chi connectivity index (χ1n) is 6.14. The molecule has 5 heteroatoms. The molecule has 0 aliphatic heterocycles. The van der Waals surface area contributed by atoms with E-state index in [0.717, 1.165) is 20.9 Å². The summed E-state index contributed by atoms with van der Waals surface area (Å²) in [6, 6.07) is 7.75. The van der Waals surface area contributed by atoms with Gasteiger partial charge in [-0.3, -0.25) is 4.98 Å². The molecule has 4 nitrogen and oxygen atoms in total. The summed E-state index contributed by atoms with van der Waals surface area (Å²) in [4.78, 5) is 4.43. The van der Waals surface area contributed by atoms with E-state index in [4.69, 9.17) is 4.74 Å². The minimum Gasteiger partial charge on any atom is -0.394 e. The van der Waals surface area contributed by atoms with Gasteiger partial charge >= 0.3 is 0 Å². The third kappa shape index (κ3) is 3.30. The zero-order valence-electron chi connectivity index (χ0n) is 10.8. The molecular formula is C14H17BrN2O2. The van der Waals surface area contributed by atoms with Gasteiger partial charge in [-0.25, -0.2) is 0 Å². The van der Waals surface area contributed by atoms with Crippen LogP contribution in [0.15, 0.2) is 34.9 Å². The van der Waals surface area contributed by atoms with Gasteiger partial charge in [-0.2, -0.15) is 0 Å². The highest BCUT2D eigenvalue weighted by Crippen LogP contribution is 2.28. The first-order chi connectivity index (χ1) is 9.27. The van der Waals surface area contributed by atoms with Crippen LogP contribution in [0.3, 0.4) is 0 Å². The normalized spacial score (nSPS) is 12.8. The number of aliphatic hydroxyl groups excluding tert-OH is 1. The molecule has 1 aromatic heterocycles. The number of methoxy groups -OCH3 is 1. The molecule has 2 rings (SSSR count). The highest BCUT2D eigenvalue weighted by atomic mass is 79.9. The van der Waals surface area contributed by atoms with Gasteiger partial charge in [0.05, 0.1) is 24.8 Å². The third-order valence-corrected chi connectivity index (χ3v) is 3.69. The van der Waals surface area contributed by atoms with Crippen LogP contribution in [0.25, 0.3) is 10.9 Å². The van der Waals surface area contributed by atoms with Gasteiger partial charge in [0.25, 0.3) is 0 Å². The van der Waals surface area contributed by atoms with Gasteiger partial charge in [0.1, 0.15) is 0 Å². The summed E-state index contributed by atoms with van der Waals surface area (Å²) in [5, 5.41) is 13.9. The fraction of sp³-hybridized carbons (Fsp3) is 0.357. The van der Waals surface area contributed by atoms with Crippen molar-refractivity contribution < 1.29 is 9.84 Å². The van der Waals surface area contributed by atoms with E-state index in [-0.39, 0.29) is 12.6 Å². The lowest BCUT2D eigenvalue weighted by Gasteiger charge is -2.18. The van der Waals surface area contributed by atoms with Crippen LogP contribution in [0.5, 0.6) is 0 Å². The lowest BCUT2D eigenvalue weighted by Crippen LogP contribution is -2.27. The number of rotatable bonds is 6. The lowest BCUT2D eigenvalue weighted by atomic mass is 10.0. The van der Waals surface area contributed by atoms with Crippen LogP contribution in [0.4, 0.5) is 0 Å². The van der Waals surface area contributed by atoms with Gasteiger partial charge in [0.2, 0.25) is 0 Å². The van der Waals surface area contributed by atoms with Crippen molar-refractivity contribution in [2.75, 3.05) is 26.9 Å². The van der Waals surface area contributed by atoms with Crippen molar-refractivity contribution in [1.82, 2.24) is 10.3 Å². The predicted octanol–water partition coefficient (Wildman–Crippen LogP) is 2.27. The number of nitrogens with one attached hydrogen (secondary N) is 1. The Labute approximate surface area is 120 Å². The van der Waals surface area contributed by atoms with E-state index in [1.807, 2.05) is 24.3 Å². The van der Waals surface area contributed by atoms with E-state index in [1.54, 1.807) is 13.3 Å². The van der Waals surface area contributed by atoms with Crippen molar-refractivity contribution in [2.45, 2.75) is 6.04 Å². The maximum Gasteiger partial charge on any atom is 0.0761 e. The quantitative estimate of drug-likeness (QED) is 0.800. The van der Waals surface area contributed by atoms with Crippen LogP contribution < -0.4 is 5.32 Å². The van der Waals surface area contributed by atoms with Crippen molar-refractivity contribution in [3.63, 3.8) is 0 Å². The number of aliphatic hydroxyl groups is 1. The first-order valence-corrected chi connectivity index (χ1v) is 6.93. The van der Waals surface area contributed by atoms with Crippen LogP contribution in [0.2, 0.25) is 0 Å². The van der Waals surface area contributed by atoms with Crippen LogP contribution >= 0.6 is 15.9 Å². The summed E-state index contributed by atoms with van der Waals surface area (Å²) in [7, 11) is 1.66. The van der Waals surface area contributed by atoms with Crippen molar-refractivity contribution in [3.05, 3.63) is 40.5 Å². The second-order valence-corrected chi connectivity index (χ2v) is 5.07. The fourth-order valence-electron chi connectivity index (χ4n) is 2.05. The molecule has 19 heavy (non-hydrogen) atoms. The van der Waals surface area contributed by atoms with Crippen molar-refractivity contribution in [2.24, 2.45) is 0 Å². The summed E-state index contributed by atoms with van der Waals surface area (Å²) in [6.07, 6.45) is 1.77. The molecule has 0 radical (unpaired) electrons. The number of pyridine rings is 1. The van der Waals surface area contributed by atoms with Gasteiger partial charge in [-0.15, -0.1) is 0 Å². The number of ether oxygens (including phenoxy) is 1. The van der Waals surface area contributed by atoms with E-state index in [9.17, 15) is 5.11 Å². The Hall–Kier alpha value is -1.01. The Morgan fingerprint density at radius 1 is 1.42 bits per heavy atom. The summed E-state index contributed by atoms with van der Waals surface area (Å²) >= 11 is 3.52. The van der Waals surface area contributed by atoms with Gasteiger partial charge in [0.15, 0.2) is 0 Å². The highest BCUT2D eigenvalue weighted by molar-refractivity contribution is 9.10. The van der Waals surface area contributed by atoms with Crippen molar-refractivity contribution in [3.8, 4) is 0 Å². The average Bonchev–Trinajstić information content (AvgIpc) is 2.45. The van der Waals surface area contributed by atoms with Gasteiger partial charge in [-0.1, -0.05) is 28.1 Å². The fourth-order valence-corrected chi connectivity index (χ4v) is 2.50. The Balaban J connectivity index is 2.34. The van der Waals surface area contributed by atoms with Gasteiger partial charge in [0, 0.05) is 29.7 Å².